The average molecular weight is 541 g/mol. The molecule has 0 bridgehead atoms. The third kappa shape index (κ3) is 5.13. The summed E-state index contributed by atoms with van der Waals surface area (Å²) in [6.07, 6.45) is 9.42. The number of rotatable bonds is 7. The molecule has 0 saturated carbocycles. The molecule has 1 aromatic heterocycles. The maximum Gasteiger partial charge on any atom is 0.278 e. The molecule has 208 valence electrons. The highest BCUT2D eigenvalue weighted by atomic mass is 16.5. The third-order valence-electron chi connectivity index (χ3n) is 7.61. The van der Waals surface area contributed by atoms with Crippen LogP contribution >= 0.6 is 0 Å². The van der Waals surface area contributed by atoms with E-state index >= 15 is 0 Å². The fourth-order valence-corrected chi connectivity index (χ4v) is 5.46. The molecule has 2 aromatic carbocycles. The summed E-state index contributed by atoms with van der Waals surface area (Å²) in [5.41, 5.74) is 5.66. The van der Waals surface area contributed by atoms with Gasteiger partial charge in [-0.15, -0.1) is 0 Å². The molecule has 0 N–H and O–H groups in total. The van der Waals surface area contributed by atoms with Crippen molar-refractivity contribution in [3.8, 4) is 11.5 Å². The zero-order valence-corrected chi connectivity index (χ0v) is 23.6. The Balaban J connectivity index is 1.48. The summed E-state index contributed by atoms with van der Waals surface area (Å²) in [6.45, 7) is 5.90. The Labute approximate surface area is 235 Å². The van der Waals surface area contributed by atoms with Crippen molar-refractivity contribution in [1.82, 2.24) is 14.7 Å². The standard InChI is InChI=1S/C32H36N4O4/c1-5-34(6-2)31(37)24-14-16-27-22(19-24)11-10-18-35(27)32(38)26-21-25-12-8-7-9-13-28(36(25)33-26)23-15-17-29(39-3)30(20-23)40-4/h7,9,13-17,19-21H,5-6,8,10-12,18H2,1-4H3/b9-7-,28-13-. The van der Waals surface area contributed by atoms with E-state index in [1.165, 1.54) is 0 Å². The van der Waals surface area contributed by atoms with Crippen molar-refractivity contribution < 1.29 is 19.1 Å². The molecule has 8 heteroatoms. The molecule has 3 heterocycles. The van der Waals surface area contributed by atoms with E-state index in [0.29, 0.717) is 42.4 Å². The number of fused-ring (bicyclic) bond motifs is 2. The summed E-state index contributed by atoms with van der Waals surface area (Å²) in [7, 11) is 3.23. The smallest absolute Gasteiger partial charge is 0.278 e. The highest BCUT2D eigenvalue weighted by molar-refractivity contribution is 6.06. The van der Waals surface area contributed by atoms with Crippen LogP contribution in [0.4, 0.5) is 5.69 Å². The molecule has 0 saturated heterocycles. The van der Waals surface area contributed by atoms with Crippen LogP contribution in [0.2, 0.25) is 0 Å². The van der Waals surface area contributed by atoms with Gasteiger partial charge in [-0.2, -0.15) is 5.10 Å². The second-order valence-corrected chi connectivity index (χ2v) is 9.90. The van der Waals surface area contributed by atoms with Gasteiger partial charge in [-0.3, -0.25) is 9.59 Å². The molecule has 0 unspecified atom stereocenters. The van der Waals surface area contributed by atoms with Gasteiger partial charge in [0.2, 0.25) is 0 Å². The number of hydrogen-bond acceptors (Lipinski definition) is 5. The lowest BCUT2D eigenvalue weighted by Gasteiger charge is -2.29. The lowest BCUT2D eigenvalue weighted by molar-refractivity contribution is 0.0772. The number of carbonyl (C=O) groups is 2. The van der Waals surface area contributed by atoms with E-state index in [2.05, 4.69) is 6.08 Å². The fraction of sp³-hybridized carbons (Fsp3) is 0.344. The van der Waals surface area contributed by atoms with Crippen LogP contribution in [0.3, 0.4) is 0 Å². The van der Waals surface area contributed by atoms with Gasteiger partial charge in [0.25, 0.3) is 11.8 Å². The zero-order valence-electron chi connectivity index (χ0n) is 23.6. The van der Waals surface area contributed by atoms with Crippen LogP contribution in [-0.4, -0.2) is 60.3 Å². The monoisotopic (exact) mass is 540 g/mol. The van der Waals surface area contributed by atoms with E-state index in [-0.39, 0.29) is 11.8 Å². The van der Waals surface area contributed by atoms with Crippen molar-refractivity contribution in [2.75, 3.05) is 38.8 Å². The van der Waals surface area contributed by atoms with E-state index in [9.17, 15) is 9.59 Å². The summed E-state index contributed by atoms with van der Waals surface area (Å²) in [6, 6.07) is 13.4. The Hall–Kier alpha value is -4.33. The number of aryl methyl sites for hydroxylation is 2. The molecule has 8 nitrogen and oxygen atoms in total. The van der Waals surface area contributed by atoms with Crippen molar-refractivity contribution in [3.63, 3.8) is 0 Å². The molecule has 0 atom stereocenters. The van der Waals surface area contributed by atoms with Gasteiger partial charge in [-0.1, -0.05) is 12.2 Å². The van der Waals surface area contributed by atoms with E-state index in [4.69, 9.17) is 14.6 Å². The number of ether oxygens (including phenoxy) is 2. The van der Waals surface area contributed by atoms with Crippen molar-refractivity contribution in [2.45, 2.75) is 39.5 Å². The number of aromatic nitrogens is 2. The normalized spacial score (nSPS) is 16.5. The Kier molecular flexibility index (Phi) is 8.05. The molecule has 40 heavy (non-hydrogen) atoms. The first-order valence-electron chi connectivity index (χ1n) is 13.9. The molecule has 3 aromatic rings. The molecule has 0 radical (unpaired) electrons. The largest absolute Gasteiger partial charge is 0.493 e. The van der Waals surface area contributed by atoms with Crippen LogP contribution in [-0.2, 0) is 12.8 Å². The molecule has 2 aliphatic rings. The maximum absolute atomic E-state index is 13.9. The summed E-state index contributed by atoms with van der Waals surface area (Å²) in [5, 5.41) is 4.84. The van der Waals surface area contributed by atoms with E-state index < -0.39 is 0 Å². The Morgan fingerprint density at radius 1 is 0.975 bits per heavy atom. The van der Waals surface area contributed by atoms with Gasteiger partial charge in [0.15, 0.2) is 17.2 Å². The van der Waals surface area contributed by atoms with Gasteiger partial charge in [0, 0.05) is 42.1 Å². The van der Waals surface area contributed by atoms with Crippen LogP contribution in [0.5, 0.6) is 11.5 Å². The SMILES string of the molecule is CCN(CC)C(=O)c1ccc2c(c1)CCCN2C(=O)c1cc2n(n1)/C(c1ccc(OC)c(OC)c1)=C\C=C/CC2. The molecule has 0 aliphatic carbocycles. The Bertz CT molecular complexity index is 1480. The minimum atomic E-state index is -0.136. The van der Waals surface area contributed by atoms with Crippen LogP contribution in [0, 0.1) is 0 Å². The number of benzene rings is 2. The molecule has 2 aliphatic heterocycles. The van der Waals surface area contributed by atoms with E-state index in [0.717, 1.165) is 53.9 Å². The van der Waals surface area contributed by atoms with E-state index in [1.54, 1.807) is 19.1 Å². The lowest BCUT2D eigenvalue weighted by atomic mass is 9.98. The second-order valence-electron chi connectivity index (χ2n) is 9.90. The summed E-state index contributed by atoms with van der Waals surface area (Å²) in [5.74, 6) is 1.16. The molecule has 0 spiro atoms. The van der Waals surface area contributed by atoms with Gasteiger partial charge in [0.1, 0.15) is 0 Å². The van der Waals surface area contributed by atoms with Gasteiger partial charge >= 0.3 is 0 Å². The zero-order chi connectivity index (χ0) is 28.2. The van der Waals surface area contributed by atoms with Crippen LogP contribution < -0.4 is 14.4 Å². The molecule has 0 fully saturated rings. The topological polar surface area (TPSA) is 76.9 Å². The van der Waals surface area contributed by atoms with E-state index in [1.807, 2.05) is 78.0 Å². The Morgan fingerprint density at radius 3 is 2.52 bits per heavy atom. The summed E-state index contributed by atoms with van der Waals surface area (Å²) < 4.78 is 12.8. The average Bonchev–Trinajstić information content (AvgIpc) is 3.39. The lowest BCUT2D eigenvalue weighted by Crippen LogP contribution is -2.36. The fourth-order valence-electron chi connectivity index (χ4n) is 5.46. The van der Waals surface area contributed by atoms with Crippen LogP contribution in [0.25, 0.3) is 5.70 Å². The van der Waals surface area contributed by atoms with Crippen LogP contribution in [0.15, 0.2) is 60.7 Å². The van der Waals surface area contributed by atoms with Crippen molar-refractivity contribution >= 4 is 23.2 Å². The van der Waals surface area contributed by atoms with Crippen LogP contribution in [0.1, 0.15) is 64.4 Å². The summed E-state index contributed by atoms with van der Waals surface area (Å²) in [4.78, 5) is 30.4. The molecular formula is C32H36N4O4. The number of anilines is 1. The number of carbonyl (C=O) groups excluding carboxylic acids is 2. The summed E-state index contributed by atoms with van der Waals surface area (Å²) >= 11 is 0. The molecular weight excluding hydrogens is 504 g/mol. The minimum absolute atomic E-state index is 0.0215. The highest BCUT2D eigenvalue weighted by Crippen LogP contribution is 2.33. The molecule has 5 rings (SSSR count). The number of allylic oxidation sites excluding steroid dienone is 3. The molecule has 2 amide bonds. The first-order valence-corrected chi connectivity index (χ1v) is 13.9. The highest BCUT2D eigenvalue weighted by Gasteiger charge is 2.28. The van der Waals surface area contributed by atoms with Gasteiger partial charge in [-0.05, 0) is 93.6 Å². The predicted molar refractivity (Wildman–Crippen MR) is 156 cm³/mol. The third-order valence-corrected chi connectivity index (χ3v) is 7.61. The first kappa shape index (κ1) is 27.2. The number of methoxy groups -OCH3 is 2. The van der Waals surface area contributed by atoms with Crippen molar-refractivity contribution in [2.24, 2.45) is 0 Å². The number of nitrogens with zero attached hydrogens (tertiary/aromatic N) is 4. The van der Waals surface area contributed by atoms with Gasteiger partial charge < -0.3 is 19.3 Å². The number of amides is 2. The Morgan fingerprint density at radius 2 is 1.77 bits per heavy atom. The number of hydrogen-bond donors (Lipinski definition) is 0. The maximum atomic E-state index is 13.9. The van der Waals surface area contributed by atoms with Gasteiger partial charge in [-0.25, -0.2) is 4.68 Å². The minimum Gasteiger partial charge on any atom is -0.493 e. The van der Waals surface area contributed by atoms with Gasteiger partial charge in [0.05, 0.1) is 19.9 Å². The first-order chi connectivity index (χ1) is 19.5. The quantitative estimate of drug-likeness (QED) is 0.403. The second kappa shape index (κ2) is 11.8. The van der Waals surface area contributed by atoms with Crippen molar-refractivity contribution in [3.05, 3.63) is 88.8 Å². The van der Waals surface area contributed by atoms with Crippen molar-refractivity contribution in [1.29, 1.82) is 0 Å². The predicted octanol–water partition coefficient (Wildman–Crippen LogP) is 5.37.